The van der Waals surface area contributed by atoms with Crippen molar-refractivity contribution in [2.75, 3.05) is 39.1 Å². The Balaban J connectivity index is 1.97. The van der Waals surface area contributed by atoms with Crippen LogP contribution in [0.3, 0.4) is 0 Å². The van der Waals surface area contributed by atoms with Crippen molar-refractivity contribution in [3.05, 3.63) is 23.9 Å². The lowest BCUT2D eigenvalue weighted by atomic mass is 10.1. The Bertz CT molecular complexity index is 390. The summed E-state index contributed by atoms with van der Waals surface area (Å²) in [6.07, 6.45) is 4.60. The van der Waals surface area contributed by atoms with Gasteiger partial charge in [-0.15, -0.1) is 0 Å². The van der Waals surface area contributed by atoms with E-state index < -0.39 is 0 Å². The summed E-state index contributed by atoms with van der Waals surface area (Å²) >= 11 is 0. The van der Waals surface area contributed by atoms with Crippen molar-refractivity contribution < 1.29 is 0 Å². The van der Waals surface area contributed by atoms with E-state index in [0.29, 0.717) is 12.1 Å². The monoisotopic (exact) mass is 262 g/mol. The Hall–Kier alpha value is -1.13. The molecule has 0 aliphatic carbocycles. The van der Waals surface area contributed by atoms with E-state index in [0.717, 1.165) is 12.4 Å². The van der Waals surface area contributed by atoms with Crippen LogP contribution < -0.4 is 10.2 Å². The minimum Gasteiger partial charge on any atom is -0.358 e. The van der Waals surface area contributed by atoms with Crippen LogP contribution in [0.1, 0.15) is 31.4 Å². The van der Waals surface area contributed by atoms with E-state index in [1.165, 1.54) is 24.9 Å². The smallest absolute Gasteiger partial charge is 0.128 e. The number of aromatic nitrogens is 1. The molecule has 0 aromatic carbocycles. The zero-order chi connectivity index (χ0) is 13.8. The largest absolute Gasteiger partial charge is 0.358 e. The molecule has 4 nitrogen and oxygen atoms in total. The fraction of sp³-hybridized carbons (Fsp3) is 0.667. The highest BCUT2D eigenvalue weighted by atomic mass is 15.2. The maximum atomic E-state index is 4.58. The highest BCUT2D eigenvalue weighted by molar-refractivity contribution is 5.39. The molecule has 1 aromatic rings. The van der Waals surface area contributed by atoms with Crippen molar-refractivity contribution in [2.45, 2.75) is 31.8 Å². The fourth-order valence-corrected chi connectivity index (χ4v) is 2.67. The number of hydrogen-bond donors (Lipinski definition) is 1. The van der Waals surface area contributed by atoms with Gasteiger partial charge < -0.3 is 15.1 Å². The minimum atomic E-state index is 0.354. The van der Waals surface area contributed by atoms with E-state index in [2.05, 4.69) is 53.3 Å². The van der Waals surface area contributed by atoms with Crippen molar-refractivity contribution in [1.29, 1.82) is 0 Å². The molecule has 0 saturated carbocycles. The topological polar surface area (TPSA) is 31.4 Å². The molecular weight excluding hydrogens is 236 g/mol. The molecule has 0 amide bonds. The predicted octanol–water partition coefficient (Wildman–Crippen LogP) is 1.89. The van der Waals surface area contributed by atoms with E-state index in [-0.39, 0.29) is 0 Å². The molecule has 1 aliphatic heterocycles. The van der Waals surface area contributed by atoms with Crippen LogP contribution in [0.5, 0.6) is 0 Å². The van der Waals surface area contributed by atoms with Gasteiger partial charge in [-0.25, -0.2) is 4.98 Å². The van der Waals surface area contributed by atoms with Gasteiger partial charge in [-0.2, -0.15) is 0 Å². The highest BCUT2D eigenvalue weighted by Crippen LogP contribution is 2.19. The molecule has 2 atom stereocenters. The summed E-state index contributed by atoms with van der Waals surface area (Å²) in [6, 6.07) is 5.31. The molecule has 106 valence electrons. The number of hydrogen-bond acceptors (Lipinski definition) is 4. The summed E-state index contributed by atoms with van der Waals surface area (Å²) in [7, 11) is 6.33. The van der Waals surface area contributed by atoms with E-state index in [4.69, 9.17) is 0 Å². The molecule has 1 saturated heterocycles. The van der Waals surface area contributed by atoms with Gasteiger partial charge in [0.2, 0.25) is 0 Å². The first-order chi connectivity index (χ1) is 9.11. The second-order valence-corrected chi connectivity index (χ2v) is 5.62. The van der Waals surface area contributed by atoms with Crippen LogP contribution in [0.4, 0.5) is 5.82 Å². The molecule has 1 aliphatic rings. The fourth-order valence-electron chi connectivity index (χ4n) is 2.67. The van der Waals surface area contributed by atoms with E-state index in [1.807, 2.05) is 13.2 Å². The summed E-state index contributed by atoms with van der Waals surface area (Å²) in [5.74, 6) is 1.06. The van der Waals surface area contributed by atoms with Crippen LogP contribution in [-0.2, 0) is 0 Å². The summed E-state index contributed by atoms with van der Waals surface area (Å²) in [5, 5.41) is 3.23. The first-order valence-corrected chi connectivity index (χ1v) is 7.16. The van der Waals surface area contributed by atoms with Crippen molar-refractivity contribution in [2.24, 2.45) is 0 Å². The minimum absolute atomic E-state index is 0.354. The summed E-state index contributed by atoms with van der Waals surface area (Å²) in [4.78, 5) is 9.30. The first kappa shape index (κ1) is 14.3. The lowest BCUT2D eigenvalue weighted by Crippen LogP contribution is -2.36. The zero-order valence-electron chi connectivity index (χ0n) is 12.6. The lowest BCUT2D eigenvalue weighted by molar-refractivity contribution is 0.314. The van der Waals surface area contributed by atoms with Gasteiger partial charge in [-0.1, -0.05) is 6.07 Å². The molecule has 0 spiro atoms. The van der Waals surface area contributed by atoms with Gasteiger partial charge in [0.05, 0.1) is 0 Å². The molecular formula is C15H26N4. The zero-order valence-corrected chi connectivity index (χ0v) is 12.6. The van der Waals surface area contributed by atoms with Gasteiger partial charge in [0.15, 0.2) is 0 Å². The molecule has 1 N–H and O–H groups in total. The number of pyridine rings is 1. The summed E-state index contributed by atoms with van der Waals surface area (Å²) < 4.78 is 0. The molecule has 2 heterocycles. The third-order valence-corrected chi connectivity index (χ3v) is 4.25. The maximum Gasteiger partial charge on any atom is 0.128 e. The predicted molar refractivity (Wildman–Crippen MR) is 80.6 cm³/mol. The van der Waals surface area contributed by atoms with Gasteiger partial charge >= 0.3 is 0 Å². The summed E-state index contributed by atoms with van der Waals surface area (Å²) in [5.41, 5.74) is 1.23. The van der Waals surface area contributed by atoms with Gasteiger partial charge in [0, 0.05) is 31.9 Å². The molecule has 2 rings (SSSR count). The van der Waals surface area contributed by atoms with Crippen molar-refractivity contribution in [3.8, 4) is 0 Å². The van der Waals surface area contributed by atoms with Gasteiger partial charge in [0.25, 0.3) is 0 Å². The number of likely N-dealkylation sites (tertiary alicyclic amines) is 1. The average Bonchev–Trinajstić information content (AvgIpc) is 2.83. The van der Waals surface area contributed by atoms with Crippen LogP contribution in [0, 0.1) is 0 Å². The quantitative estimate of drug-likeness (QED) is 0.878. The molecule has 19 heavy (non-hydrogen) atoms. The Morgan fingerprint density at radius 2 is 2.32 bits per heavy atom. The molecule has 1 fully saturated rings. The van der Waals surface area contributed by atoms with Crippen LogP contribution in [0.2, 0.25) is 0 Å². The molecule has 2 unspecified atom stereocenters. The number of nitrogens with zero attached hydrogens (tertiary/aromatic N) is 3. The van der Waals surface area contributed by atoms with Crippen molar-refractivity contribution in [3.63, 3.8) is 0 Å². The Morgan fingerprint density at radius 3 is 2.84 bits per heavy atom. The first-order valence-electron chi connectivity index (χ1n) is 7.16. The number of rotatable bonds is 5. The Labute approximate surface area is 116 Å². The van der Waals surface area contributed by atoms with E-state index in [9.17, 15) is 0 Å². The molecule has 4 heteroatoms. The second-order valence-electron chi connectivity index (χ2n) is 5.62. The third-order valence-electron chi connectivity index (χ3n) is 4.25. The third kappa shape index (κ3) is 3.45. The number of anilines is 1. The van der Waals surface area contributed by atoms with Gasteiger partial charge in [-0.3, -0.25) is 0 Å². The van der Waals surface area contributed by atoms with Crippen LogP contribution in [-0.4, -0.2) is 50.2 Å². The number of likely N-dealkylation sites (N-methyl/N-ethyl adjacent to an activating group) is 2. The van der Waals surface area contributed by atoms with Gasteiger partial charge in [-0.05, 0) is 52.0 Å². The highest BCUT2D eigenvalue weighted by Gasteiger charge is 2.22. The normalized spacial score (nSPS) is 21.6. The lowest BCUT2D eigenvalue weighted by Gasteiger charge is -2.26. The average molecular weight is 262 g/mol. The van der Waals surface area contributed by atoms with Crippen LogP contribution >= 0.6 is 0 Å². The van der Waals surface area contributed by atoms with E-state index >= 15 is 0 Å². The number of nitrogens with one attached hydrogen (secondary N) is 1. The Kier molecular flexibility index (Phi) is 4.77. The van der Waals surface area contributed by atoms with Crippen molar-refractivity contribution >= 4 is 5.82 Å². The van der Waals surface area contributed by atoms with Crippen LogP contribution in [0.25, 0.3) is 0 Å². The second kappa shape index (κ2) is 6.35. The van der Waals surface area contributed by atoms with Crippen LogP contribution in [0.15, 0.2) is 18.3 Å². The van der Waals surface area contributed by atoms with E-state index in [1.54, 1.807) is 0 Å². The molecule has 0 bridgehead atoms. The Morgan fingerprint density at radius 1 is 1.53 bits per heavy atom. The molecule has 1 aromatic heterocycles. The SMILES string of the molecule is CNC(C)c1ccc(N(C)CC2CCCN2C)nc1. The standard InChI is InChI=1S/C15H26N4/c1-12(16-2)13-7-8-15(17-10-13)19(4)11-14-6-5-9-18(14)3/h7-8,10,12,14,16H,5-6,9,11H2,1-4H3. The van der Waals surface area contributed by atoms with Crippen molar-refractivity contribution in [1.82, 2.24) is 15.2 Å². The van der Waals surface area contributed by atoms with Gasteiger partial charge in [0.1, 0.15) is 5.82 Å². The molecule has 0 radical (unpaired) electrons. The summed E-state index contributed by atoms with van der Waals surface area (Å²) in [6.45, 7) is 4.43. The maximum absolute atomic E-state index is 4.58.